The maximum absolute atomic E-state index is 2.39. The fourth-order valence-electron chi connectivity index (χ4n) is 2.71. The van der Waals surface area contributed by atoms with Gasteiger partial charge in [-0.05, 0) is 41.3 Å². The van der Waals surface area contributed by atoms with Crippen LogP contribution in [0.4, 0.5) is 0 Å². The summed E-state index contributed by atoms with van der Waals surface area (Å²) in [6, 6.07) is 13.8. The molecule has 0 aromatic heterocycles. The van der Waals surface area contributed by atoms with E-state index in [2.05, 4.69) is 57.2 Å². The minimum absolute atomic E-state index is 0.643. The fourth-order valence-corrected chi connectivity index (χ4v) is 3.59. The Balaban J connectivity index is 2.01. The molecule has 1 heteroatoms. The van der Waals surface area contributed by atoms with Crippen molar-refractivity contribution in [1.29, 1.82) is 0 Å². The van der Waals surface area contributed by atoms with Crippen LogP contribution >= 0.6 is 11.8 Å². The van der Waals surface area contributed by atoms with Crippen LogP contribution in [0.3, 0.4) is 0 Å². The zero-order valence-corrected chi connectivity index (χ0v) is 14.5. The van der Waals surface area contributed by atoms with Gasteiger partial charge in [-0.2, -0.15) is 0 Å². The summed E-state index contributed by atoms with van der Waals surface area (Å²) in [5.41, 5.74) is 1.49. The summed E-state index contributed by atoms with van der Waals surface area (Å²) < 4.78 is 0. The standard InChI is InChI=1S/C20H28S/c1-4-5-6-7-8-9-17-10-11-18-12-13-20(21-16(2)3)15-19(18)14-17/h10-16H,4-9H2,1-3H3. The summed E-state index contributed by atoms with van der Waals surface area (Å²) in [5, 5.41) is 3.40. The zero-order valence-electron chi connectivity index (χ0n) is 13.7. The normalized spacial score (nSPS) is 11.4. The monoisotopic (exact) mass is 300 g/mol. The van der Waals surface area contributed by atoms with E-state index in [0.29, 0.717) is 5.25 Å². The van der Waals surface area contributed by atoms with Crippen LogP contribution in [-0.2, 0) is 6.42 Å². The Labute approximate surface area is 134 Å². The highest BCUT2D eigenvalue weighted by atomic mass is 32.2. The number of unbranched alkanes of at least 4 members (excludes halogenated alkanes) is 4. The van der Waals surface area contributed by atoms with Crippen molar-refractivity contribution in [3.63, 3.8) is 0 Å². The molecule has 0 atom stereocenters. The second-order valence-electron chi connectivity index (χ2n) is 6.17. The van der Waals surface area contributed by atoms with Crippen LogP contribution < -0.4 is 0 Å². The molecular weight excluding hydrogens is 272 g/mol. The molecule has 2 aromatic rings. The molecule has 0 heterocycles. The number of thioether (sulfide) groups is 1. The first kappa shape index (κ1) is 16.4. The Morgan fingerprint density at radius 3 is 2.38 bits per heavy atom. The van der Waals surface area contributed by atoms with E-state index < -0.39 is 0 Å². The summed E-state index contributed by atoms with van der Waals surface area (Å²) in [5.74, 6) is 0. The van der Waals surface area contributed by atoms with Crippen molar-refractivity contribution in [3.8, 4) is 0 Å². The SMILES string of the molecule is CCCCCCCc1ccc2ccc(SC(C)C)cc2c1. The minimum atomic E-state index is 0.643. The van der Waals surface area contributed by atoms with Gasteiger partial charge in [0, 0.05) is 10.1 Å². The van der Waals surface area contributed by atoms with Gasteiger partial charge >= 0.3 is 0 Å². The number of rotatable bonds is 8. The highest BCUT2D eigenvalue weighted by molar-refractivity contribution is 7.99. The van der Waals surface area contributed by atoms with Crippen molar-refractivity contribution in [2.75, 3.05) is 0 Å². The molecule has 0 N–H and O–H groups in total. The lowest BCUT2D eigenvalue weighted by Crippen LogP contribution is -1.88. The number of hydrogen-bond acceptors (Lipinski definition) is 1. The molecule has 21 heavy (non-hydrogen) atoms. The van der Waals surface area contributed by atoms with Crippen LogP contribution in [0.25, 0.3) is 10.8 Å². The highest BCUT2D eigenvalue weighted by Gasteiger charge is 2.02. The van der Waals surface area contributed by atoms with Gasteiger partial charge in [0.2, 0.25) is 0 Å². The second-order valence-corrected chi connectivity index (χ2v) is 7.82. The Bertz CT molecular complexity index is 557. The summed E-state index contributed by atoms with van der Waals surface area (Å²) in [7, 11) is 0. The van der Waals surface area contributed by atoms with Gasteiger partial charge in [0.25, 0.3) is 0 Å². The molecule has 0 radical (unpaired) electrons. The molecule has 2 aromatic carbocycles. The van der Waals surface area contributed by atoms with E-state index in [9.17, 15) is 0 Å². The molecule has 0 spiro atoms. The summed E-state index contributed by atoms with van der Waals surface area (Å²) >= 11 is 1.95. The molecule has 0 fully saturated rings. The number of aryl methyl sites for hydroxylation is 1. The van der Waals surface area contributed by atoms with E-state index in [0.717, 1.165) is 0 Å². The molecule has 114 valence electrons. The molecule has 0 bridgehead atoms. The van der Waals surface area contributed by atoms with Crippen LogP contribution in [0, 0.1) is 0 Å². The average Bonchev–Trinajstić information content (AvgIpc) is 2.46. The Kier molecular flexibility index (Phi) is 6.63. The molecule has 2 rings (SSSR count). The quantitative estimate of drug-likeness (QED) is 0.379. The van der Waals surface area contributed by atoms with Gasteiger partial charge in [-0.3, -0.25) is 0 Å². The highest BCUT2D eigenvalue weighted by Crippen LogP contribution is 2.27. The topological polar surface area (TPSA) is 0 Å². The summed E-state index contributed by atoms with van der Waals surface area (Å²) in [4.78, 5) is 1.39. The van der Waals surface area contributed by atoms with Gasteiger partial charge in [0.1, 0.15) is 0 Å². The lowest BCUT2D eigenvalue weighted by Gasteiger charge is -2.08. The van der Waals surface area contributed by atoms with E-state index in [1.54, 1.807) is 0 Å². The van der Waals surface area contributed by atoms with E-state index in [4.69, 9.17) is 0 Å². The number of benzene rings is 2. The van der Waals surface area contributed by atoms with Gasteiger partial charge in [-0.1, -0.05) is 70.7 Å². The lowest BCUT2D eigenvalue weighted by molar-refractivity contribution is 0.632. The van der Waals surface area contributed by atoms with Crippen molar-refractivity contribution in [1.82, 2.24) is 0 Å². The number of hydrogen-bond donors (Lipinski definition) is 0. The maximum Gasteiger partial charge on any atom is 0.00809 e. The Morgan fingerprint density at radius 1 is 0.857 bits per heavy atom. The average molecular weight is 301 g/mol. The predicted octanol–water partition coefficient (Wildman–Crippen LogP) is 6.85. The lowest BCUT2D eigenvalue weighted by atomic mass is 10.0. The molecule has 0 amide bonds. The largest absolute Gasteiger partial charge is 0.123 e. The van der Waals surface area contributed by atoms with Crippen molar-refractivity contribution in [2.24, 2.45) is 0 Å². The van der Waals surface area contributed by atoms with Crippen molar-refractivity contribution in [3.05, 3.63) is 42.0 Å². The zero-order chi connectivity index (χ0) is 15.1. The molecule has 0 aliphatic heterocycles. The van der Waals surface area contributed by atoms with Crippen molar-refractivity contribution in [2.45, 2.75) is 69.4 Å². The number of fused-ring (bicyclic) bond motifs is 1. The van der Waals surface area contributed by atoms with Crippen LogP contribution in [0.15, 0.2) is 41.3 Å². The van der Waals surface area contributed by atoms with E-state index in [1.165, 1.54) is 59.8 Å². The maximum atomic E-state index is 2.39. The Hall–Kier alpha value is -0.950. The third kappa shape index (κ3) is 5.39. The van der Waals surface area contributed by atoms with Crippen molar-refractivity contribution < 1.29 is 0 Å². The van der Waals surface area contributed by atoms with Gasteiger partial charge in [0.15, 0.2) is 0 Å². The third-order valence-electron chi connectivity index (χ3n) is 3.82. The smallest absolute Gasteiger partial charge is 0.00809 e. The fraction of sp³-hybridized carbons (Fsp3) is 0.500. The van der Waals surface area contributed by atoms with Gasteiger partial charge in [-0.15, -0.1) is 11.8 Å². The van der Waals surface area contributed by atoms with Crippen LogP contribution in [0.5, 0.6) is 0 Å². The Morgan fingerprint density at radius 2 is 1.62 bits per heavy atom. The third-order valence-corrected chi connectivity index (χ3v) is 4.81. The molecule has 0 aliphatic rings. The molecule has 0 nitrogen and oxygen atoms in total. The molecule has 0 saturated carbocycles. The van der Waals surface area contributed by atoms with Gasteiger partial charge < -0.3 is 0 Å². The van der Waals surface area contributed by atoms with Crippen LogP contribution in [-0.4, -0.2) is 5.25 Å². The van der Waals surface area contributed by atoms with E-state index in [1.807, 2.05) is 11.8 Å². The molecular formula is C20H28S. The minimum Gasteiger partial charge on any atom is -0.123 e. The van der Waals surface area contributed by atoms with Gasteiger partial charge in [-0.25, -0.2) is 0 Å². The van der Waals surface area contributed by atoms with Crippen LogP contribution in [0.2, 0.25) is 0 Å². The summed E-state index contributed by atoms with van der Waals surface area (Å²) in [6.07, 6.45) is 8.02. The first-order valence-electron chi connectivity index (χ1n) is 8.38. The second kappa shape index (κ2) is 8.48. The predicted molar refractivity (Wildman–Crippen MR) is 97.4 cm³/mol. The molecule has 0 aliphatic carbocycles. The summed E-state index contributed by atoms with van der Waals surface area (Å²) in [6.45, 7) is 6.78. The first-order chi connectivity index (χ1) is 10.2. The molecule has 0 unspecified atom stereocenters. The van der Waals surface area contributed by atoms with E-state index >= 15 is 0 Å². The van der Waals surface area contributed by atoms with Crippen molar-refractivity contribution >= 4 is 22.5 Å². The first-order valence-corrected chi connectivity index (χ1v) is 9.26. The van der Waals surface area contributed by atoms with Gasteiger partial charge in [0.05, 0.1) is 0 Å². The van der Waals surface area contributed by atoms with Crippen LogP contribution in [0.1, 0.15) is 58.4 Å². The molecule has 0 saturated heterocycles. The van der Waals surface area contributed by atoms with E-state index in [-0.39, 0.29) is 0 Å².